The predicted molar refractivity (Wildman–Crippen MR) is 135 cm³/mol. The van der Waals surface area contributed by atoms with Crippen LogP contribution in [0, 0.1) is 5.92 Å². The van der Waals surface area contributed by atoms with Gasteiger partial charge in [-0.15, -0.1) is 11.8 Å². The summed E-state index contributed by atoms with van der Waals surface area (Å²) in [7, 11) is 0. The first-order chi connectivity index (χ1) is 15.3. The van der Waals surface area contributed by atoms with Crippen LogP contribution in [0.15, 0.2) is 53.4 Å². The first kappa shape index (κ1) is 26.6. The molecule has 2 amide bonds. The van der Waals surface area contributed by atoms with Crippen LogP contribution in [0.25, 0.3) is 0 Å². The minimum absolute atomic E-state index is 0.0341. The number of carbonyl (C=O) groups is 2. The Morgan fingerprint density at radius 3 is 2.38 bits per heavy atom. The summed E-state index contributed by atoms with van der Waals surface area (Å²) in [5, 5.41) is 4.29. The van der Waals surface area contributed by atoms with Crippen molar-refractivity contribution in [3.05, 3.63) is 64.1 Å². The highest BCUT2D eigenvalue weighted by molar-refractivity contribution is 7.99. The largest absolute Gasteiger partial charge is 0.354 e. The molecule has 0 spiro atoms. The zero-order valence-corrected chi connectivity index (χ0v) is 21.3. The maximum Gasteiger partial charge on any atom is 0.242 e. The van der Waals surface area contributed by atoms with Gasteiger partial charge in [0.25, 0.3) is 0 Å². The summed E-state index contributed by atoms with van der Waals surface area (Å²) in [6.45, 7) is 6.93. The average molecular weight is 496 g/mol. The van der Waals surface area contributed by atoms with Gasteiger partial charge in [-0.3, -0.25) is 9.59 Å². The van der Waals surface area contributed by atoms with Gasteiger partial charge in [0.15, 0.2) is 0 Å². The molecule has 32 heavy (non-hydrogen) atoms. The summed E-state index contributed by atoms with van der Waals surface area (Å²) < 4.78 is 0. The average Bonchev–Trinajstić information content (AvgIpc) is 2.77. The Bertz CT molecular complexity index is 875. The summed E-state index contributed by atoms with van der Waals surface area (Å²) in [4.78, 5) is 28.9. The standard InChI is InChI=1S/C25H32Cl2N2O2S/c1-4-23(25(31)28-16-18(2)3)29(17-19-8-5-6-9-22(19)27)24(30)10-7-15-32-21-13-11-20(26)12-14-21/h5-6,8-9,11-14,18,23H,4,7,10,15-17H2,1-3H3,(H,28,31)/t23-/m1/s1. The third-order valence-corrected chi connectivity index (χ3v) is 6.71. The van der Waals surface area contributed by atoms with E-state index in [9.17, 15) is 9.59 Å². The minimum atomic E-state index is -0.526. The molecule has 2 rings (SSSR count). The van der Waals surface area contributed by atoms with E-state index >= 15 is 0 Å². The number of hydrogen-bond donors (Lipinski definition) is 1. The number of carbonyl (C=O) groups excluding carboxylic acids is 2. The van der Waals surface area contributed by atoms with Crippen molar-refractivity contribution >= 4 is 46.8 Å². The second-order valence-electron chi connectivity index (χ2n) is 8.08. The number of rotatable bonds is 12. The second kappa shape index (κ2) is 13.8. The van der Waals surface area contributed by atoms with Crippen LogP contribution in [0.4, 0.5) is 0 Å². The van der Waals surface area contributed by atoms with Crippen molar-refractivity contribution in [3.8, 4) is 0 Å². The smallest absolute Gasteiger partial charge is 0.242 e. The number of nitrogens with one attached hydrogen (secondary N) is 1. The molecule has 0 aromatic heterocycles. The molecule has 0 unspecified atom stereocenters. The molecule has 0 heterocycles. The van der Waals surface area contributed by atoms with Gasteiger partial charge in [0.05, 0.1) is 0 Å². The van der Waals surface area contributed by atoms with Crippen LogP contribution in [0.5, 0.6) is 0 Å². The molecule has 0 fully saturated rings. The number of benzene rings is 2. The molecule has 0 radical (unpaired) electrons. The van der Waals surface area contributed by atoms with E-state index in [0.717, 1.165) is 22.6 Å². The first-order valence-electron chi connectivity index (χ1n) is 11.0. The van der Waals surface area contributed by atoms with Gasteiger partial charge in [-0.05, 0) is 60.4 Å². The third-order valence-electron chi connectivity index (χ3n) is 4.99. The van der Waals surface area contributed by atoms with Gasteiger partial charge in [0, 0.05) is 34.5 Å². The molecule has 2 aromatic carbocycles. The van der Waals surface area contributed by atoms with Gasteiger partial charge in [-0.25, -0.2) is 0 Å². The molecule has 2 aromatic rings. The SMILES string of the molecule is CC[C@H](C(=O)NCC(C)C)N(Cc1ccccc1Cl)C(=O)CCCSc1ccc(Cl)cc1. The highest BCUT2D eigenvalue weighted by Crippen LogP contribution is 2.23. The van der Waals surface area contributed by atoms with Crippen LogP contribution in [0.1, 0.15) is 45.6 Å². The van der Waals surface area contributed by atoms with Gasteiger partial charge >= 0.3 is 0 Å². The lowest BCUT2D eigenvalue weighted by atomic mass is 10.1. The Balaban J connectivity index is 2.05. The molecular weight excluding hydrogens is 463 g/mol. The topological polar surface area (TPSA) is 49.4 Å². The zero-order chi connectivity index (χ0) is 23.5. The number of thioether (sulfide) groups is 1. The molecule has 1 N–H and O–H groups in total. The molecule has 174 valence electrons. The highest BCUT2D eigenvalue weighted by Gasteiger charge is 2.28. The van der Waals surface area contributed by atoms with Crippen molar-refractivity contribution in [2.75, 3.05) is 12.3 Å². The molecule has 0 aliphatic heterocycles. The molecule has 0 bridgehead atoms. The Hall–Kier alpha value is -1.69. The molecule has 0 saturated heterocycles. The quantitative estimate of drug-likeness (QED) is 0.272. The van der Waals surface area contributed by atoms with E-state index in [2.05, 4.69) is 5.32 Å². The Morgan fingerprint density at radius 2 is 1.75 bits per heavy atom. The molecular formula is C25H32Cl2N2O2S. The van der Waals surface area contributed by atoms with Crippen LogP contribution < -0.4 is 5.32 Å². The fourth-order valence-electron chi connectivity index (χ4n) is 3.24. The van der Waals surface area contributed by atoms with Crippen molar-refractivity contribution in [2.24, 2.45) is 5.92 Å². The van der Waals surface area contributed by atoms with E-state index in [4.69, 9.17) is 23.2 Å². The van der Waals surface area contributed by atoms with E-state index in [1.165, 1.54) is 0 Å². The minimum Gasteiger partial charge on any atom is -0.354 e. The molecule has 0 saturated carbocycles. The van der Waals surface area contributed by atoms with Crippen LogP contribution in [0.2, 0.25) is 10.0 Å². The summed E-state index contributed by atoms with van der Waals surface area (Å²) in [6, 6.07) is 14.6. The lowest BCUT2D eigenvalue weighted by Crippen LogP contribution is -2.49. The second-order valence-corrected chi connectivity index (χ2v) is 10.1. The van der Waals surface area contributed by atoms with E-state index in [0.29, 0.717) is 41.9 Å². The number of amides is 2. The van der Waals surface area contributed by atoms with Crippen molar-refractivity contribution in [1.82, 2.24) is 10.2 Å². The van der Waals surface area contributed by atoms with Gasteiger partial charge in [-0.1, -0.05) is 62.2 Å². The molecule has 1 atom stereocenters. The predicted octanol–water partition coefficient (Wildman–Crippen LogP) is 6.45. The number of hydrogen-bond acceptors (Lipinski definition) is 3. The zero-order valence-electron chi connectivity index (χ0n) is 18.9. The van der Waals surface area contributed by atoms with Crippen molar-refractivity contribution in [3.63, 3.8) is 0 Å². The van der Waals surface area contributed by atoms with Crippen molar-refractivity contribution in [2.45, 2.75) is 57.5 Å². The van der Waals surface area contributed by atoms with E-state index < -0.39 is 6.04 Å². The van der Waals surface area contributed by atoms with E-state index in [-0.39, 0.29) is 11.8 Å². The molecule has 0 aliphatic carbocycles. The number of halogens is 2. The fourth-order valence-corrected chi connectivity index (χ4v) is 4.41. The van der Waals surface area contributed by atoms with Crippen LogP contribution >= 0.6 is 35.0 Å². The molecule has 7 heteroatoms. The highest BCUT2D eigenvalue weighted by atomic mass is 35.5. The summed E-state index contributed by atoms with van der Waals surface area (Å²) in [6.07, 6.45) is 1.63. The van der Waals surface area contributed by atoms with Crippen LogP contribution in [-0.4, -0.2) is 35.1 Å². The van der Waals surface area contributed by atoms with Gasteiger partial charge < -0.3 is 10.2 Å². The maximum absolute atomic E-state index is 13.2. The Morgan fingerprint density at radius 1 is 1.06 bits per heavy atom. The number of nitrogens with zero attached hydrogens (tertiary/aromatic N) is 1. The summed E-state index contributed by atoms with van der Waals surface area (Å²) in [5.74, 6) is 1.00. The lowest BCUT2D eigenvalue weighted by Gasteiger charge is -2.31. The van der Waals surface area contributed by atoms with Crippen molar-refractivity contribution < 1.29 is 9.59 Å². The van der Waals surface area contributed by atoms with Gasteiger partial charge in [0.1, 0.15) is 6.04 Å². The summed E-state index contributed by atoms with van der Waals surface area (Å²) >= 11 is 14.0. The normalized spacial score (nSPS) is 11.9. The van der Waals surface area contributed by atoms with E-state index in [1.54, 1.807) is 16.7 Å². The Labute approximate surface area is 206 Å². The maximum atomic E-state index is 13.2. The monoisotopic (exact) mass is 494 g/mol. The van der Waals surface area contributed by atoms with Gasteiger partial charge in [-0.2, -0.15) is 0 Å². The molecule has 4 nitrogen and oxygen atoms in total. The van der Waals surface area contributed by atoms with Crippen molar-refractivity contribution in [1.29, 1.82) is 0 Å². The molecule has 0 aliphatic rings. The van der Waals surface area contributed by atoms with Gasteiger partial charge in [0.2, 0.25) is 11.8 Å². The summed E-state index contributed by atoms with van der Waals surface area (Å²) in [5.41, 5.74) is 0.841. The fraction of sp³-hybridized carbons (Fsp3) is 0.440. The van der Waals surface area contributed by atoms with Crippen LogP contribution in [0.3, 0.4) is 0 Å². The first-order valence-corrected chi connectivity index (χ1v) is 12.7. The third kappa shape index (κ3) is 8.68. The van der Waals surface area contributed by atoms with Crippen LogP contribution in [-0.2, 0) is 16.1 Å². The van der Waals surface area contributed by atoms with E-state index in [1.807, 2.05) is 69.3 Å². The lowest BCUT2D eigenvalue weighted by molar-refractivity contribution is -0.141. The Kier molecular flexibility index (Phi) is 11.4.